The second kappa shape index (κ2) is 5.50. The van der Waals surface area contributed by atoms with Crippen LogP contribution in [0.2, 0.25) is 0 Å². The van der Waals surface area contributed by atoms with E-state index in [0.717, 1.165) is 16.5 Å². The quantitative estimate of drug-likeness (QED) is 0.507. The van der Waals surface area contributed by atoms with Gasteiger partial charge in [-0.15, -0.1) is 0 Å². The number of aromatic nitrogens is 2. The van der Waals surface area contributed by atoms with E-state index >= 15 is 0 Å². The maximum Gasteiger partial charge on any atom is 0.0470 e. The lowest BCUT2D eigenvalue weighted by Crippen LogP contribution is -1.95. The SMILES string of the molecule is Brc1ccc2[nH]ccc2c1-c1ccn(Cc2ccccc2)c1. The number of fused-ring (bicyclic) bond motifs is 1. The Labute approximate surface area is 137 Å². The van der Waals surface area contributed by atoms with E-state index in [1.54, 1.807) is 0 Å². The fourth-order valence-electron chi connectivity index (χ4n) is 2.88. The van der Waals surface area contributed by atoms with E-state index < -0.39 is 0 Å². The molecular weight excluding hydrogens is 336 g/mol. The van der Waals surface area contributed by atoms with Gasteiger partial charge in [0.15, 0.2) is 0 Å². The monoisotopic (exact) mass is 350 g/mol. The third-order valence-corrected chi connectivity index (χ3v) is 4.59. The molecule has 2 heterocycles. The summed E-state index contributed by atoms with van der Waals surface area (Å²) >= 11 is 3.69. The molecule has 0 bridgehead atoms. The summed E-state index contributed by atoms with van der Waals surface area (Å²) in [5, 5.41) is 1.24. The summed E-state index contributed by atoms with van der Waals surface area (Å²) in [6.07, 6.45) is 6.33. The van der Waals surface area contributed by atoms with Crippen LogP contribution in [0.25, 0.3) is 22.0 Å². The van der Waals surface area contributed by atoms with Crippen molar-refractivity contribution in [3.8, 4) is 11.1 Å². The van der Waals surface area contributed by atoms with Crippen LogP contribution in [-0.2, 0) is 6.54 Å². The molecule has 0 radical (unpaired) electrons. The molecule has 22 heavy (non-hydrogen) atoms. The minimum atomic E-state index is 0.890. The van der Waals surface area contributed by atoms with Gasteiger partial charge in [-0.1, -0.05) is 46.3 Å². The van der Waals surface area contributed by atoms with Gasteiger partial charge >= 0.3 is 0 Å². The molecule has 2 aromatic carbocycles. The smallest absolute Gasteiger partial charge is 0.0470 e. The zero-order valence-corrected chi connectivity index (χ0v) is 13.5. The van der Waals surface area contributed by atoms with Crippen molar-refractivity contribution >= 4 is 26.8 Å². The first-order valence-corrected chi connectivity index (χ1v) is 8.06. The average molecular weight is 351 g/mol. The summed E-state index contributed by atoms with van der Waals surface area (Å²) in [5.41, 5.74) is 4.94. The maximum atomic E-state index is 3.69. The first-order valence-electron chi connectivity index (χ1n) is 7.27. The second-order valence-corrected chi connectivity index (χ2v) is 6.27. The molecular formula is C19H15BrN2. The van der Waals surface area contributed by atoms with E-state index in [1.165, 1.54) is 22.1 Å². The summed E-state index contributed by atoms with van der Waals surface area (Å²) in [6, 6.07) is 19.0. The molecule has 0 aliphatic carbocycles. The third kappa shape index (κ3) is 2.38. The number of H-pyrrole nitrogens is 1. The Morgan fingerprint density at radius 3 is 2.68 bits per heavy atom. The van der Waals surface area contributed by atoms with Crippen LogP contribution in [0, 0.1) is 0 Å². The van der Waals surface area contributed by atoms with Crippen LogP contribution >= 0.6 is 15.9 Å². The number of aromatic amines is 1. The van der Waals surface area contributed by atoms with Crippen LogP contribution in [0.5, 0.6) is 0 Å². The first-order chi connectivity index (χ1) is 10.8. The topological polar surface area (TPSA) is 20.7 Å². The number of benzene rings is 2. The number of rotatable bonds is 3. The van der Waals surface area contributed by atoms with Crippen LogP contribution in [0.15, 0.2) is 77.7 Å². The van der Waals surface area contributed by atoms with Gasteiger partial charge in [-0.05, 0) is 29.8 Å². The molecule has 0 aliphatic rings. The van der Waals surface area contributed by atoms with Gasteiger partial charge in [0.2, 0.25) is 0 Å². The van der Waals surface area contributed by atoms with E-state index in [4.69, 9.17) is 0 Å². The van der Waals surface area contributed by atoms with Gasteiger partial charge in [0.1, 0.15) is 0 Å². The van der Waals surface area contributed by atoms with Crippen molar-refractivity contribution in [1.82, 2.24) is 9.55 Å². The molecule has 3 heteroatoms. The lowest BCUT2D eigenvalue weighted by molar-refractivity contribution is 0.807. The van der Waals surface area contributed by atoms with E-state index in [1.807, 2.05) is 12.3 Å². The third-order valence-electron chi connectivity index (χ3n) is 3.93. The summed E-state index contributed by atoms with van der Waals surface area (Å²) in [4.78, 5) is 3.28. The van der Waals surface area contributed by atoms with Gasteiger partial charge in [-0.25, -0.2) is 0 Å². The normalized spacial score (nSPS) is 11.1. The minimum absolute atomic E-state index is 0.890. The standard InChI is InChI=1S/C19H15BrN2/c20-17-6-7-18-16(8-10-21-18)19(17)15-9-11-22(13-15)12-14-4-2-1-3-5-14/h1-11,13,21H,12H2. The van der Waals surface area contributed by atoms with Crippen LogP contribution in [0.4, 0.5) is 0 Å². The molecule has 0 saturated heterocycles. The van der Waals surface area contributed by atoms with Gasteiger partial charge in [0.05, 0.1) is 0 Å². The van der Waals surface area contributed by atoms with Crippen LogP contribution in [-0.4, -0.2) is 9.55 Å². The van der Waals surface area contributed by atoms with Crippen LogP contribution in [0.1, 0.15) is 5.56 Å². The molecule has 1 N–H and O–H groups in total. The van der Waals surface area contributed by atoms with Crippen molar-refractivity contribution in [2.75, 3.05) is 0 Å². The van der Waals surface area contributed by atoms with Crippen molar-refractivity contribution < 1.29 is 0 Å². The Hall–Kier alpha value is -2.26. The van der Waals surface area contributed by atoms with Crippen molar-refractivity contribution in [3.05, 3.63) is 83.2 Å². The lowest BCUT2D eigenvalue weighted by Gasteiger charge is -2.05. The largest absolute Gasteiger partial charge is 0.361 e. The molecule has 2 aromatic heterocycles. The molecule has 0 unspecified atom stereocenters. The summed E-state index contributed by atoms with van der Waals surface area (Å²) in [6.45, 7) is 0.890. The molecule has 4 rings (SSSR count). The van der Waals surface area contributed by atoms with Crippen molar-refractivity contribution in [2.24, 2.45) is 0 Å². The number of hydrogen-bond donors (Lipinski definition) is 1. The first kappa shape index (κ1) is 13.4. The minimum Gasteiger partial charge on any atom is -0.361 e. The number of nitrogens with one attached hydrogen (secondary N) is 1. The summed E-state index contributed by atoms with van der Waals surface area (Å²) in [5.74, 6) is 0. The molecule has 0 spiro atoms. The number of nitrogens with zero attached hydrogens (tertiary/aromatic N) is 1. The van der Waals surface area contributed by atoms with E-state index in [9.17, 15) is 0 Å². The highest BCUT2D eigenvalue weighted by Crippen LogP contribution is 2.35. The fourth-order valence-corrected chi connectivity index (χ4v) is 3.46. The highest BCUT2D eigenvalue weighted by Gasteiger charge is 2.10. The molecule has 2 nitrogen and oxygen atoms in total. The van der Waals surface area contributed by atoms with Crippen molar-refractivity contribution in [1.29, 1.82) is 0 Å². The Morgan fingerprint density at radius 2 is 1.82 bits per heavy atom. The van der Waals surface area contributed by atoms with Crippen molar-refractivity contribution in [3.63, 3.8) is 0 Å². The lowest BCUT2D eigenvalue weighted by atomic mass is 10.0. The van der Waals surface area contributed by atoms with Gasteiger partial charge < -0.3 is 9.55 Å². The van der Waals surface area contributed by atoms with Gasteiger partial charge in [-0.2, -0.15) is 0 Å². The van der Waals surface area contributed by atoms with E-state index in [0.29, 0.717) is 0 Å². The Balaban J connectivity index is 1.74. The molecule has 0 amide bonds. The predicted molar refractivity (Wildman–Crippen MR) is 95.0 cm³/mol. The number of halogens is 1. The Morgan fingerprint density at radius 1 is 0.955 bits per heavy atom. The van der Waals surface area contributed by atoms with Gasteiger partial charge in [-0.3, -0.25) is 0 Å². The van der Waals surface area contributed by atoms with Gasteiger partial charge in [0.25, 0.3) is 0 Å². The second-order valence-electron chi connectivity index (χ2n) is 5.42. The summed E-state index contributed by atoms with van der Waals surface area (Å²) < 4.78 is 3.35. The maximum absolute atomic E-state index is 3.69. The Bertz CT molecular complexity index is 919. The van der Waals surface area contributed by atoms with Crippen LogP contribution in [0.3, 0.4) is 0 Å². The Kier molecular flexibility index (Phi) is 3.35. The highest BCUT2D eigenvalue weighted by atomic mass is 79.9. The predicted octanol–water partition coefficient (Wildman–Crippen LogP) is 5.45. The zero-order valence-electron chi connectivity index (χ0n) is 12.0. The van der Waals surface area contributed by atoms with E-state index in [2.05, 4.69) is 86.4 Å². The summed E-state index contributed by atoms with van der Waals surface area (Å²) in [7, 11) is 0. The molecule has 0 fully saturated rings. The molecule has 0 atom stereocenters. The van der Waals surface area contributed by atoms with E-state index in [-0.39, 0.29) is 0 Å². The molecule has 0 aliphatic heterocycles. The fraction of sp³-hybridized carbons (Fsp3) is 0.0526. The highest BCUT2D eigenvalue weighted by molar-refractivity contribution is 9.10. The van der Waals surface area contributed by atoms with Crippen molar-refractivity contribution in [2.45, 2.75) is 6.54 Å². The van der Waals surface area contributed by atoms with Crippen LogP contribution < -0.4 is 0 Å². The average Bonchev–Trinajstić information content (AvgIpc) is 3.17. The number of hydrogen-bond acceptors (Lipinski definition) is 0. The van der Waals surface area contributed by atoms with Gasteiger partial charge in [0, 0.05) is 51.6 Å². The zero-order chi connectivity index (χ0) is 14.9. The molecule has 0 saturated carbocycles. The molecule has 108 valence electrons. The molecule has 4 aromatic rings.